The number of ether oxygens (including phenoxy) is 1. The zero-order valence-electron chi connectivity index (χ0n) is 13.6. The maximum Gasteiger partial charge on any atom is 0.294 e. The fourth-order valence-corrected chi connectivity index (χ4v) is 2.50. The molecular weight excluding hydrogens is 395 g/mol. The van der Waals surface area contributed by atoms with Gasteiger partial charge in [-0.1, -0.05) is 23.2 Å². The van der Waals surface area contributed by atoms with E-state index in [2.05, 4.69) is 5.32 Å². The number of nitro benzene ring substituents is 1. The van der Waals surface area contributed by atoms with E-state index in [1.165, 1.54) is 18.2 Å². The molecule has 0 aliphatic rings. The molecule has 0 aliphatic heterocycles. The zero-order chi connectivity index (χ0) is 19.4. The van der Waals surface area contributed by atoms with Crippen molar-refractivity contribution < 1.29 is 18.9 Å². The number of rotatable bonds is 6. The third-order valence-electron chi connectivity index (χ3n) is 3.48. The lowest BCUT2D eigenvalue weighted by Crippen LogP contribution is -2.12. The molecular formula is C18H12Cl2N2O5. The lowest BCUT2D eigenvalue weighted by molar-refractivity contribution is -0.383. The number of amides is 1. The van der Waals surface area contributed by atoms with E-state index in [1.807, 2.05) is 0 Å². The minimum atomic E-state index is -0.630. The first-order valence-electron chi connectivity index (χ1n) is 7.65. The Morgan fingerprint density at radius 2 is 1.78 bits per heavy atom. The highest BCUT2D eigenvalue weighted by atomic mass is 35.5. The fourth-order valence-electron chi connectivity index (χ4n) is 2.21. The van der Waals surface area contributed by atoms with Crippen molar-refractivity contribution >= 4 is 40.5 Å². The average Bonchev–Trinajstić information content (AvgIpc) is 3.12. The van der Waals surface area contributed by atoms with Crippen molar-refractivity contribution in [1.82, 2.24) is 0 Å². The lowest BCUT2D eigenvalue weighted by atomic mass is 10.2. The molecule has 0 atom stereocenters. The van der Waals surface area contributed by atoms with E-state index >= 15 is 0 Å². The van der Waals surface area contributed by atoms with Gasteiger partial charge in [0.05, 0.1) is 4.92 Å². The number of hydrogen-bond donors (Lipinski definition) is 1. The lowest BCUT2D eigenvalue weighted by Gasteiger charge is -2.05. The van der Waals surface area contributed by atoms with Crippen LogP contribution < -0.4 is 10.1 Å². The smallest absolute Gasteiger partial charge is 0.294 e. The Balaban J connectivity index is 1.66. The molecule has 0 aliphatic carbocycles. The van der Waals surface area contributed by atoms with Crippen molar-refractivity contribution in [2.75, 3.05) is 5.32 Å². The van der Waals surface area contributed by atoms with Gasteiger partial charge in [-0.15, -0.1) is 0 Å². The summed E-state index contributed by atoms with van der Waals surface area (Å²) in [5, 5.41) is 14.3. The minimum Gasteiger partial charge on any atom is -0.486 e. The summed E-state index contributed by atoms with van der Waals surface area (Å²) < 4.78 is 11.0. The first kappa shape index (κ1) is 18.8. The van der Waals surface area contributed by atoms with Crippen LogP contribution in [0.3, 0.4) is 0 Å². The third kappa shape index (κ3) is 4.78. The van der Waals surface area contributed by atoms with Gasteiger partial charge in [0.15, 0.2) is 5.76 Å². The molecule has 7 nitrogen and oxygen atoms in total. The Hall–Kier alpha value is -3.03. The predicted molar refractivity (Wildman–Crippen MR) is 101 cm³/mol. The van der Waals surface area contributed by atoms with Gasteiger partial charge in [-0.2, -0.15) is 0 Å². The van der Waals surface area contributed by atoms with Gasteiger partial charge in [0.2, 0.25) is 0 Å². The summed E-state index contributed by atoms with van der Waals surface area (Å²) in [5.41, 5.74) is -0.293. The van der Waals surface area contributed by atoms with Gasteiger partial charge in [-0.25, -0.2) is 0 Å². The Labute approximate surface area is 163 Å². The normalized spacial score (nSPS) is 10.4. The Morgan fingerprint density at radius 1 is 1.07 bits per heavy atom. The second-order valence-corrected chi connectivity index (χ2v) is 6.25. The number of carbonyl (C=O) groups excluding carboxylic acids is 1. The number of anilines is 1. The van der Waals surface area contributed by atoms with Gasteiger partial charge >= 0.3 is 0 Å². The quantitative estimate of drug-likeness (QED) is 0.441. The molecule has 1 amide bonds. The summed E-state index contributed by atoms with van der Waals surface area (Å²) in [4.78, 5) is 22.7. The highest BCUT2D eigenvalue weighted by molar-refractivity contribution is 6.31. The van der Waals surface area contributed by atoms with Gasteiger partial charge in [0, 0.05) is 16.1 Å². The molecule has 1 N–H and O–H groups in total. The molecule has 138 valence electrons. The largest absolute Gasteiger partial charge is 0.486 e. The van der Waals surface area contributed by atoms with Crippen LogP contribution in [-0.2, 0) is 6.61 Å². The molecule has 27 heavy (non-hydrogen) atoms. The molecule has 0 fully saturated rings. The van der Waals surface area contributed by atoms with E-state index in [1.54, 1.807) is 30.3 Å². The third-order valence-corrected chi connectivity index (χ3v) is 3.97. The summed E-state index contributed by atoms with van der Waals surface area (Å²) in [7, 11) is 0. The Morgan fingerprint density at radius 3 is 2.48 bits per heavy atom. The van der Waals surface area contributed by atoms with Crippen molar-refractivity contribution in [3.05, 3.63) is 86.3 Å². The summed E-state index contributed by atoms with van der Waals surface area (Å²) in [6.07, 6.45) is 0. The standard InChI is InChI=1S/C18H12Cl2N2O5/c19-11-1-4-13(5-2-11)26-10-14-6-8-17(27-14)18(23)21-15-7-3-12(20)9-16(15)22(24)25/h1-9H,10H2,(H,21,23). The van der Waals surface area contributed by atoms with Gasteiger partial charge in [-0.05, 0) is 48.5 Å². The molecule has 1 aromatic heterocycles. The molecule has 1 heterocycles. The summed E-state index contributed by atoms with van der Waals surface area (Å²) in [6, 6.07) is 13.8. The number of carbonyl (C=O) groups is 1. The van der Waals surface area contributed by atoms with Crippen LogP contribution in [0.5, 0.6) is 5.75 Å². The summed E-state index contributed by atoms with van der Waals surface area (Å²) >= 11 is 11.6. The van der Waals surface area contributed by atoms with Crippen LogP contribution in [0.25, 0.3) is 0 Å². The summed E-state index contributed by atoms with van der Waals surface area (Å²) in [6.45, 7) is 0.107. The van der Waals surface area contributed by atoms with Gasteiger partial charge in [0.25, 0.3) is 11.6 Å². The van der Waals surface area contributed by atoms with Crippen molar-refractivity contribution in [3.63, 3.8) is 0 Å². The van der Waals surface area contributed by atoms with Crippen LogP contribution in [-0.4, -0.2) is 10.8 Å². The number of nitrogens with zero attached hydrogens (tertiary/aromatic N) is 1. The second-order valence-electron chi connectivity index (χ2n) is 5.38. The van der Waals surface area contributed by atoms with Crippen LogP contribution in [0.15, 0.2) is 59.0 Å². The molecule has 0 spiro atoms. The van der Waals surface area contributed by atoms with E-state index in [4.69, 9.17) is 32.4 Å². The fraction of sp³-hybridized carbons (Fsp3) is 0.0556. The van der Waals surface area contributed by atoms with Crippen LogP contribution >= 0.6 is 23.2 Å². The number of nitro groups is 1. The van der Waals surface area contributed by atoms with Crippen LogP contribution in [0.1, 0.15) is 16.3 Å². The molecule has 0 saturated carbocycles. The SMILES string of the molecule is O=C(Nc1ccc(Cl)cc1[N+](=O)[O-])c1ccc(COc2ccc(Cl)cc2)o1. The number of furan rings is 1. The molecule has 3 aromatic rings. The zero-order valence-corrected chi connectivity index (χ0v) is 15.2. The molecule has 0 saturated heterocycles. The Bertz CT molecular complexity index is 986. The molecule has 0 bridgehead atoms. The van der Waals surface area contributed by atoms with Gasteiger partial charge < -0.3 is 14.5 Å². The number of hydrogen-bond acceptors (Lipinski definition) is 5. The second kappa shape index (κ2) is 8.11. The van der Waals surface area contributed by atoms with E-state index in [9.17, 15) is 14.9 Å². The van der Waals surface area contributed by atoms with Crippen LogP contribution in [0, 0.1) is 10.1 Å². The van der Waals surface area contributed by atoms with E-state index in [-0.39, 0.29) is 28.8 Å². The van der Waals surface area contributed by atoms with E-state index < -0.39 is 10.8 Å². The number of benzene rings is 2. The van der Waals surface area contributed by atoms with Crippen molar-refractivity contribution in [2.24, 2.45) is 0 Å². The topological polar surface area (TPSA) is 94.6 Å². The van der Waals surface area contributed by atoms with Crippen molar-refractivity contribution in [3.8, 4) is 5.75 Å². The molecule has 0 unspecified atom stereocenters. The number of halogens is 2. The van der Waals surface area contributed by atoms with E-state index in [0.717, 1.165) is 6.07 Å². The first-order valence-corrected chi connectivity index (χ1v) is 8.40. The highest BCUT2D eigenvalue weighted by Crippen LogP contribution is 2.28. The van der Waals surface area contributed by atoms with Crippen LogP contribution in [0.2, 0.25) is 10.0 Å². The number of nitrogens with one attached hydrogen (secondary N) is 1. The van der Waals surface area contributed by atoms with E-state index in [0.29, 0.717) is 16.5 Å². The molecule has 9 heteroatoms. The minimum absolute atomic E-state index is 0.00560. The van der Waals surface area contributed by atoms with Crippen molar-refractivity contribution in [1.29, 1.82) is 0 Å². The summed E-state index contributed by atoms with van der Waals surface area (Å²) in [5.74, 6) is 0.381. The Kier molecular flexibility index (Phi) is 5.63. The molecule has 2 aromatic carbocycles. The molecule has 3 rings (SSSR count). The monoisotopic (exact) mass is 406 g/mol. The van der Waals surface area contributed by atoms with Gasteiger partial charge in [0.1, 0.15) is 23.8 Å². The maximum absolute atomic E-state index is 12.3. The average molecular weight is 407 g/mol. The molecule has 0 radical (unpaired) electrons. The highest BCUT2D eigenvalue weighted by Gasteiger charge is 2.19. The first-order chi connectivity index (χ1) is 12.9. The predicted octanol–water partition coefficient (Wildman–Crippen LogP) is 5.33. The van der Waals surface area contributed by atoms with Gasteiger partial charge in [-0.3, -0.25) is 14.9 Å². The van der Waals surface area contributed by atoms with Crippen LogP contribution in [0.4, 0.5) is 11.4 Å². The van der Waals surface area contributed by atoms with Crippen molar-refractivity contribution in [2.45, 2.75) is 6.61 Å². The maximum atomic E-state index is 12.3.